The van der Waals surface area contributed by atoms with Crippen LogP contribution in [0.25, 0.3) is 0 Å². The number of hydrogen-bond acceptors (Lipinski definition) is 2. The van der Waals surface area contributed by atoms with Crippen LogP contribution in [0.4, 0.5) is 15.8 Å². The highest BCUT2D eigenvalue weighted by Gasteiger charge is 2.34. The van der Waals surface area contributed by atoms with Gasteiger partial charge >= 0.3 is 0 Å². The van der Waals surface area contributed by atoms with Crippen LogP contribution in [-0.4, -0.2) is 13.1 Å². The van der Waals surface area contributed by atoms with E-state index in [-0.39, 0.29) is 5.82 Å². The SMILES string of the molecule is CCC(C)CC1(CC)CCN(c2c(N)cccc2F)CC1.CCCC.CCCCCC. The predicted octanol–water partition coefficient (Wildman–Crippen LogP) is 9.23. The maximum atomic E-state index is 14.1. The monoisotopic (exact) mass is 436 g/mol. The minimum absolute atomic E-state index is 0.194. The Kier molecular flexibility index (Phi) is 16.6. The number of anilines is 2. The van der Waals surface area contributed by atoms with Gasteiger partial charge in [0.2, 0.25) is 0 Å². The lowest BCUT2D eigenvalue weighted by molar-refractivity contribution is 0.159. The number of hydrogen-bond donors (Lipinski definition) is 1. The minimum atomic E-state index is -0.194. The maximum Gasteiger partial charge on any atom is 0.148 e. The lowest BCUT2D eigenvalue weighted by Gasteiger charge is -2.44. The Bertz CT molecular complexity index is 524. The van der Waals surface area contributed by atoms with E-state index >= 15 is 0 Å². The molecule has 1 saturated heterocycles. The number of rotatable bonds is 9. The number of piperidine rings is 1. The smallest absolute Gasteiger partial charge is 0.148 e. The Labute approximate surface area is 194 Å². The molecule has 0 radical (unpaired) electrons. The molecule has 2 rings (SSSR count). The molecule has 0 amide bonds. The molecule has 0 aromatic heterocycles. The highest BCUT2D eigenvalue weighted by atomic mass is 19.1. The Morgan fingerprint density at radius 2 is 1.48 bits per heavy atom. The lowest BCUT2D eigenvalue weighted by Crippen LogP contribution is -2.41. The predicted molar refractivity (Wildman–Crippen MR) is 139 cm³/mol. The van der Waals surface area contributed by atoms with Crippen molar-refractivity contribution in [3.63, 3.8) is 0 Å². The highest BCUT2D eigenvalue weighted by Crippen LogP contribution is 2.43. The van der Waals surface area contributed by atoms with Crippen molar-refractivity contribution in [3.8, 4) is 0 Å². The maximum absolute atomic E-state index is 14.1. The summed E-state index contributed by atoms with van der Waals surface area (Å²) in [6, 6.07) is 4.98. The average Bonchev–Trinajstić information content (AvgIpc) is 2.79. The summed E-state index contributed by atoms with van der Waals surface area (Å²) in [6.45, 7) is 17.6. The molecule has 0 aliphatic carbocycles. The first-order valence-corrected chi connectivity index (χ1v) is 13.1. The molecule has 1 aliphatic heterocycles. The van der Waals surface area contributed by atoms with Gasteiger partial charge in [-0.3, -0.25) is 0 Å². The standard InChI is InChI=1S/C18H29FN2.C6H14.C4H10/c1-4-14(3)13-18(5-2)9-11-21(12-10-18)17-15(19)7-6-8-16(17)20;1-3-5-6-4-2;1-3-4-2/h6-8,14H,4-5,9-13,20H2,1-3H3;3-6H2,1-2H3;3-4H2,1-2H3. The molecule has 1 aromatic rings. The van der Waals surface area contributed by atoms with Crippen molar-refractivity contribution in [2.75, 3.05) is 23.7 Å². The van der Waals surface area contributed by atoms with E-state index in [0.717, 1.165) is 31.8 Å². The van der Waals surface area contributed by atoms with Crippen molar-refractivity contribution in [1.29, 1.82) is 0 Å². The van der Waals surface area contributed by atoms with Gasteiger partial charge in [-0.1, -0.05) is 106 Å². The third kappa shape index (κ3) is 11.3. The van der Waals surface area contributed by atoms with Gasteiger partial charge in [-0.15, -0.1) is 0 Å². The van der Waals surface area contributed by atoms with Crippen LogP contribution in [0.1, 0.15) is 119 Å². The Morgan fingerprint density at radius 3 is 1.87 bits per heavy atom. The van der Waals surface area contributed by atoms with E-state index in [9.17, 15) is 4.39 Å². The summed E-state index contributed by atoms with van der Waals surface area (Å²) in [5, 5.41) is 0. The Balaban J connectivity index is 0.000000753. The molecule has 2 N–H and O–H groups in total. The number of nitrogens with zero attached hydrogens (tertiary/aromatic N) is 1. The molecule has 1 heterocycles. The van der Waals surface area contributed by atoms with Crippen molar-refractivity contribution >= 4 is 11.4 Å². The zero-order chi connectivity index (χ0) is 23.7. The van der Waals surface area contributed by atoms with E-state index in [0.29, 0.717) is 16.8 Å². The fourth-order valence-corrected chi connectivity index (χ4v) is 4.16. The van der Waals surface area contributed by atoms with Crippen molar-refractivity contribution in [3.05, 3.63) is 24.0 Å². The molecule has 31 heavy (non-hydrogen) atoms. The summed E-state index contributed by atoms with van der Waals surface area (Å²) in [5.41, 5.74) is 7.57. The number of nitrogen functional groups attached to an aromatic ring is 1. The van der Waals surface area contributed by atoms with E-state index < -0.39 is 0 Å². The number of nitrogens with two attached hydrogens (primary N) is 1. The van der Waals surface area contributed by atoms with E-state index in [1.165, 1.54) is 63.9 Å². The van der Waals surface area contributed by atoms with Crippen LogP contribution in [-0.2, 0) is 0 Å². The first kappa shape index (κ1) is 29.8. The van der Waals surface area contributed by atoms with E-state index in [1.54, 1.807) is 12.1 Å². The molecule has 0 spiro atoms. The topological polar surface area (TPSA) is 29.3 Å². The number of para-hydroxylation sites is 1. The fraction of sp³-hybridized carbons (Fsp3) is 0.786. The second-order valence-electron chi connectivity index (χ2n) is 9.44. The van der Waals surface area contributed by atoms with E-state index in [2.05, 4.69) is 53.4 Å². The summed E-state index contributed by atoms with van der Waals surface area (Å²) >= 11 is 0. The fourth-order valence-electron chi connectivity index (χ4n) is 4.16. The van der Waals surface area contributed by atoms with Crippen molar-refractivity contribution in [1.82, 2.24) is 0 Å². The molecular formula is C28H53FN2. The average molecular weight is 437 g/mol. The van der Waals surface area contributed by atoms with Crippen LogP contribution in [0.15, 0.2) is 18.2 Å². The van der Waals surface area contributed by atoms with E-state index in [1.807, 2.05) is 0 Å². The molecule has 1 aliphatic rings. The number of halogens is 1. The van der Waals surface area contributed by atoms with Crippen LogP contribution in [0.5, 0.6) is 0 Å². The minimum Gasteiger partial charge on any atom is -0.397 e. The molecule has 2 nitrogen and oxygen atoms in total. The normalized spacial score (nSPS) is 15.9. The molecule has 1 fully saturated rings. The molecule has 1 unspecified atom stereocenters. The number of unbranched alkanes of at least 4 members (excludes halogenated alkanes) is 4. The van der Waals surface area contributed by atoms with Crippen molar-refractivity contribution < 1.29 is 4.39 Å². The summed E-state index contributed by atoms with van der Waals surface area (Å²) < 4.78 is 14.1. The molecular weight excluding hydrogens is 383 g/mol. The number of benzene rings is 1. The van der Waals surface area contributed by atoms with Crippen LogP contribution < -0.4 is 10.6 Å². The highest BCUT2D eigenvalue weighted by molar-refractivity contribution is 5.68. The summed E-state index contributed by atoms with van der Waals surface area (Å²) in [7, 11) is 0. The van der Waals surface area contributed by atoms with Crippen LogP contribution >= 0.6 is 0 Å². The summed E-state index contributed by atoms with van der Waals surface area (Å²) in [4.78, 5) is 2.13. The van der Waals surface area contributed by atoms with Crippen LogP contribution in [0.2, 0.25) is 0 Å². The molecule has 182 valence electrons. The summed E-state index contributed by atoms with van der Waals surface area (Å²) in [5.74, 6) is 0.580. The Morgan fingerprint density at radius 1 is 0.935 bits per heavy atom. The van der Waals surface area contributed by atoms with Gasteiger partial charge in [0.25, 0.3) is 0 Å². The first-order chi connectivity index (χ1) is 14.8. The quantitative estimate of drug-likeness (QED) is 0.309. The first-order valence-electron chi connectivity index (χ1n) is 13.1. The van der Waals surface area contributed by atoms with Crippen molar-refractivity contribution in [2.24, 2.45) is 11.3 Å². The zero-order valence-electron chi connectivity index (χ0n) is 21.9. The van der Waals surface area contributed by atoms with Crippen molar-refractivity contribution in [2.45, 2.75) is 119 Å². The van der Waals surface area contributed by atoms with Gasteiger partial charge in [-0.05, 0) is 42.7 Å². The second-order valence-corrected chi connectivity index (χ2v) is 9.44. The molecule has 1 aromatic carbocycles. The largest absolute Gasteiger partial charge is 0.397 e. The van der Waals surface area contributed by atoms with Gasteiger partial charge < -0.3 is 10.6 Å². The third-order valence-electron chi connectivity index (χ3n) is 6.84. The van der Waals surface area contributed by atoms with Crippen LogP contribution in [0, 0.1) is 17.2 Å². The second kappa shape index (κ2) is 17.3. The van der Waals surface area contributed by atoms with Gasteiger partial charge in [0.15, 0.2) is 0 Å². The van der Waals surface area contributed by atoms with E-state index in [4.69, 9.17) is 5.73 Å². The van der Waals surface area contributed by atoms with Gasteiger partial charge in [0, 0.05) is 13.1 Å². The van der Waals surface area contributed by atoms with Gasteiger partial charge in [-0.25, -0.2) is 4.39 Å². The van der Waals surface area contributed by atoms with Crippen LogP contribution in [0.3, 0.4) is 0 Å². The Hall–Kier alpha value is -1.25. The molecule has 1 atom stereocenters. The van der Waals surface area contributed by atoms with Gasteiger partial charge in [0.05, 0.1) is 11.4 Å². The molecule has 3 heteroatoms. The molecule has 0 saturated carbocycles. The molecule has 0 bridgehead atoms. The third-order valence-corrected chi connectivity index (χ3v) is 6.84. The zero-order valence-corrected chi connectivity index (χ0v) is 21.9. The lowest BCUT2D eigenvalue weighted by atomic mass is 9.70. The van der Waals surface area contributed by atoms with Gasteiger partial charge in [0.1, 0.15) is 5.82 Å². The van der Waals surface area contributed by atoms with Gasteiger partial charge in [-0.2, -0.15) is 0 Å². The summed E-state index contributed by atoms with van der Waals surface area (Å²) in [6.07, 6.45) is 14.2.